The number of aromatic nitrogens is 2. The molecular weight excluding hydrogens is 448 g/mol. The van der Waals surface area contributed by atoms with E-state index >= 15 is 0 Å². The second kappa shape index (κ2) is 8.85. The van der Waals surface area contributed by atoms with E-state index in [0.29, 0.717) is 26.1 Å². The minimum Gasteiger partial charge on any atom is -0.465 e. The standard InChI is InChI=1S/C25H36N4O4Si/c1-17-13-29-22(15-27(17)24(31)32)21(12-26-29)28-14-19(11-23(28)30)20-10-8-7-9-18(20)16-33-34(5,6)25(2,3)4/h7-10,12,17,19H,11,13-16H2,1-6H3,(H,31,32)/t17-,19?/m0/s1. The van der Waals surface area contributed by atoms with E-state index in [1.54, 1.807) is 11.1 Å². The van der Waals surface area contributed by atoms with Gasteiger partial charge in [-0.1, -0.05) is 45.0 Å². The number of carbonyl (C=O) groups excluding carboxylic acids is 1. The predicted octanol–water partition coefficient (Wildman–Crippen LogP) is 4.81. The maximum atomic E-state index is 13.1. The summed E-state index contributed by atoms with van der Waals surface area (Å²) in [6.45, 7) is 14.9. The van der Waals surface area contributed by atoms with E-state index in [-0.39, 0.29) is 29.4 Å². The Kier molecular flexibility index (Phi) is 6.37. The molecule has 2 amide bonds. The third kappa shape index (κ3) is 4.51. The van der Waals surface area contributed by atoms with Crippen LogP contribution in [0.15, 0.2) is 30.5 Å². The predicted molar refractivity (Wildman–Crippen MR) is 133 cm³/mol. The first-order chi connectivity index (χ1) is 15.9. The number of hydrogen-bond donors (Lipinski definition) is 1. The van der Waals surface area contributed by atoms with Crippen molar-refractivity contribution in [2.24, 2.45) is 0 Å². The van der Waals surface area contributed by atoms with Crippen molar-refractivity contribution >= 4 is 26.0 Å². The number of carboxylic acid groups (broad SMARTS) is 1. The molecule has 1 unspecified atom stereocenters. The van der Waals surface area contributed by atoms with Crippen molar-refractivity contribution in [2.45, 2.75) is 83.9 Å². The average molecular weight is 485 g/mol. The minimum atomic E-state index is -1.90. The Hall–Kier alpha value is -2.65. The van der Waals surface area contributed by atoms with Crippen LogP contribution < -0.4 is 4.90 Å². The van der Waals surface area contributed by atoms with Crippen molar-refractivity contribution < 1.29 is 19.1 Å². The highest BCUT2D eigenvalue weighted by Crippen LogP contribution is 2.39. The highest BCUT2D eigenvalue weighted by Gasteiger charge is 2.39. The third-order valence-electron chi connectivity index (χ3n) is 7.77. The summed E-state index contributed by atoms with van der Waals surface area (Å²) in [4.78, 5) is 28.0. The van der Waals surface area contributed by atoms with Crippen LogP contribution in [-0.4, -0.2) is 52.7 Å². The number of fused-ring (bicyclic) bond motifs is 1. The quantitative estimate of drug-likeness (QED) is 0.616. The van der Waals surface area contributed by atoms with Crippen LogP contribution in [0.3, 0.4) is 0 Å². The zero-order chi connectivity index (χ0) is 24.8. The molecule has 1 aromatic carbocycles. The highest BCUT2D eigenvalue weighted by molar-refractivity contribution is 6.74. The normalized spacial score (nSPS) is 21.2. The first kappa shape index (κ1) is 24.5. The van der Waals surface area contributed by atoms with Gasteiger partial charge >= 0.3 is 6.09 Å². The summed E-state index contributed by atoms with van der Waals surface area (Å²) >= 11 is 0. The van der Waals surface area contributed by atoms with E-state index < -0.39 is 14.4 Å². The Morgan fingerprint density at radius 2 is 1.94 bits per heavy atom. The van der Waals surface area contributed by atoms with Crippen LogP contribution in [0.1, 0.15) is 56.9 Å². The Bertz CT molecular complexity index is 1090. The molecule has 34 heavy (non-hydrogen) atoms. The summed E-state index contributed by atoms with van der Waals surface area (Å²) in [5, 5.41) is 14.2. The number of carbonyl (C=O) groups is 2. The molecule has 1 N–H and O–H groups in total. The van der Waals surface area contributed by atoms with Gasteiger partial charge in [-0.05, 0) is 36.2 Å². The second-order valence-corrected chi connectivity index (χ2v) is 15.9. The molecule has 184 valence electrons. The number of benzene rings is 1. The number of anilines is 1. The van der Waals surface area contributed by atoms with E-state index in [0.717, 1.165) is 22.5 Å². The maximum absolute atomic E-state index is 13.1. The fourth-order valence-corrected chi connectivity index (χ4v) is 5.51. The molecule has 4 rings (SSSR count). The molecule has 0 spiro atoms. The van der Waals surface area contributed by atoms with E-state index in [4.69, 9.17) is 4.43 Å². The second-order valence-electron chi connectivity index (χ2n) is 11.1. The Morgan fingerprint density at radius 1 is 1.24 bits per heavy atom. The first-order valence-corrected chi connectivity index (χ1v) is 14.9. The molecule has 0 saturated carbocycles. The van der Waals surface area contributed by atoms with Crippen molar-refractivity contribution in [1.29, 1.82) is 0 Å². The van der Waals surface area contributed by atoms with Crippen molar-refractivity contribution in [3.63, 3.8) is 0 Å². The molecule has 0 bridgehead atoms. The largest absolute Gasteiger partial charge is 0.465 e. The number of rotatable bonds is 5. The smallest absolute Gasteiger partial charge is 0.407 e. The molecule has 2 atom stereocenters. The van der Waals surface area contributed by atoms with E-state index in [9.17, 15) is 14.7 Å². The van der Waals surface area contributed by atoms with Gasteiger partial charge in [-0.15, -0.1) is 0 Å². The summed E-state index contributed by atoms with van der Waals surface area (Å²) in [5.41, 5.74) is 3.79. The molecule has 2 aliphatic heterocycles. The van der Waals surface area contributed by atoms with Gasteiger partial charge < -0.3 is 14.4 Å². The fourth-order valence-electron chi connectivity index (χ4n) is 4.56. The average Bonchev–Trinajstić information content (AvgIpc) is 3.33. The fraction of sp³-hybridized carbons (Fsp3) is 0.560. The molecule has 1 saturated heterocycles. The minimum absolute atomic E-state index is 0.0430. The Balaban J connectivity index is 1.55. The lowest BCUT2D eigenvalue weighted by Gasteiger charge is -2.36. The third-order valence-corrected chi connectivity index (χ3v) is 12.2. The van der Waals surface area contributed by atoms with Gasteiger partial charge in [-0.3, -0.25) is 14.4 Å². The molecule has 2 aliphatic rings. The summed E-state index contributed by atoms with van der Waals surface area (Å²) in [5.74, 6) is 0.0989. The molecule has 1 aromatic heterocycles. The number of amides is 2. The lowest BCUT2D eigenvalue weighted by atomic mass is 9.94. The molecular formula is C25H36N4O4Si. The number of hydrogen-bond acceptors (Lipinski definition) is 4. The van der Waals surface area contributed by atoms with Crippen LogP contribution in [0.5, 0.6) is 0 Å². The zero-order valence-electron chi connectivity index (χ0n) is 21.0. The van der Waals surface area contributed by atoms with E-state index in [1.807, 2.05) is 23.7 Å². The van der Waals surface area contributed by atoms with Crippen LogP contribution >= 0.6 is 0 Å². The van der Waals surface area contributed by atoms with Crippen LogP contribution in [0, 0.1) is 0 Å². The van der Waals surface area contributed by atoms with Gasteiger partial charge in [-0.25, -0.2) is 4.79 Å². The van der Waals surface area contributed by atoms with Crippen LogP contribution in [-0.2, 0) is 28.9 Å². The highest BCUT2D eigenvalue weighted by atomic mass is 28.4. The first-order valence-electron chi connectivity index (χ1n) is 12.0. The molecule has 8 nitrogen and oxygen atoms in total. The van der Waals surface area contributed by atoms with Gasteiger partial charge in [0.05, 0.1) is 43.3 Å². The van der Waals surface area contributed by atoms with Crippen LogP contribution in [0.25, 0.3) is 0 Å². The number of nitrogens with zero attached hydrogens (tertiary/aromatic N) is 4. The maximum Gasteiger partial charge on any atom is 0.407 e. The van der Waals surface area contributed by atoms with Crippen molar-refractivity contribution in [1.82, 2.24) is 14.7 Å². The van der Waals surface area contributed by atoms with Gasteiger partial charge in [0.15, 0.2) is 8.32 Å². The molecule has 3 heterocycles. The summed E-state index contributed by atoms with van der Waals surface area (Å²) in [7, 11) is -1.90. The molecule has 2 aromatic rings. The van der Waals surface area contributed by atoms with Crippen molar-refractivity contribution in [3.05, 3.63) is 47.3 Å². The molecule has 0 radical (unpaired) electrons. The van der Waals surface area contributed by atoms with E-state index in [2.05, 4.69) is 51.1 Å². The topological polar surface area (TPSA) is 87.9 Å². The SMILES string of the molecule is C[C@H]1Cn2ncc(N3CC(c4ccccc4CO[Si](C)(C)C(C)(C)C)CC3=O)c2CN1C(=O)O. The van der Waals surface area contributed by atoms with Crippen LogP contribution in [0.4, 0.5) is 10.5 Å². The molecule has 9 heteroatoms. The summed E-state index contributed by atoms with van der Waals surface area (Å²) < 4.78 is 8.33. The zero-order valence-corrected chi connectivity index (χ0v) is 22.0. The van der Waals surface area contributed by atoms with Gasteiger partial charge in [0, 0.05) is 18.9 Å². The van der Waals surface area contributed by atoms with Gasteiger partial charge in [0.1, 0.15) is 0 Å². The van der Waals surface area contributed by atoms with Gasteiger partial charge in [0.2, 0.25) is 5.91 Å². The monoisotopic (exact) mass is 484 g/mol. The van der Waals surface area contributed by atoms with Gasteiger partial charge in [-0.2, -0.15) is 5.10 Å². The summed E-state index contributed by atoms with van der Waals surface area (Å²) in [6.07, 6.45) is 1.17. The summed E-state index contributed by atoms with van der Waals surface area (Å²) in [6, 6.07) is 8.09. The molecule has 0 aliphatic carbocycles. The lowest BCUT2D eigenvalue weighted by molar-refractivity contribution is -0.117. The van der Waals surface area contributed by atoms with E-state index in [1.165, 1.54) is 4.90 Å². The van der Waals surface area contributed by atoms with Crippen molar-refractivity contribution in [2.75, 3.05) is 11.4 Å². The lowest BCUT2D eigenvalue weighted by Crippen LogP contribution is -2.44. The molecule has 1 fully saturated rings. The Labute approximate surface area is 202 Å². The van der Waals surface area contributed by atoms with Gasteiger partial charge in [0.25, 0.3) is 0 Å². The Morgan fingerprint density at radius 3 is 2.62 bits per heavy atom. The van der Waals surface area contributed by atoms with Crippen molar-refractivity contribution in [3.8, 4) is 0 Å². The van der Waals surface area contributed by atoms with Crippen LogP contribution in [0.2, 0.25) is 18.1 Å².